The molecule has 0 aliphatic heterocycles. The molecule has 15 heteroatoms. The molecule has 0 spiro atoms. The fourth-order valence-corrected chi connectivity index (χ4v) is 2.52. The zero-order valence-electron chi connectivity index (χ0n) is 15.5. The van der Waals surface area contributed by atoms with Gasteiger partial charge >= 0.3 is 46.4 Å². The van der Waals surface area contributed by atoms with Crippen LogP contribution in [-0.2, 0) is 44.1 Å². The standard InChI is InChI=1S/2C7H8N4O2.2ClH.Pd/c2*1-10-3-8-5-4(10)6(12)9-7(13)11(5)2;;;/h2*3H,1-2H3,(H,9,12,13);2*1H;/q;;;;+2/p-2. The summed E-state index contributed by atoms with van der Waals surface area (Å²) in [4.78, 5) is 57.1. The molecule has 2 N–H and O–H groups in total. The van der Waals surface area contributed by atoms with Gasteiger partial charge in [-0.15, -0.1) is 0 Å². The third-order valence-electron chi connectivity index (χ3n) is 3.95. The Kier molecular flexibility index (Phi) is 7.37. The van der Waals surface area contributed by atoms with Crippen molar-refractivity contribution in [3.05, 3.63) is 54.3 Å². The van der Waals surface area contributed by atoms with Crippen molar-refractivity contribution in [2.45, 2.75) is 0 Å². The first-order chi connectivity index (χ1) is 13.6. The third kappa shape index (κ3) is 4.59. The molecule has 0 bridgehead atoms. The summed E-state index contributed by atoms with van der Waals surface area (Å²) < 4.78 is 5.76. The number of hydrogen-bond acceptors (Lipinski definition) is 6. The van der Waals surface area contributed by atoms with E-state index in [0.29, 0.717) is 22.3 Å². The minimum absolute atomic E-state index is 0.106. The Bertz CT molecular complexity index is 1290. The molecular weight excluding hydrogens is 522 g/mol. The van der Waals surface area contributed by atoms with Gasteiger partial charge in [0, 0.05) is 28.2 Å². The number of halogens is 2. The van der Waals surface area contributed by atoms with E-state index in [2.05, 4.69) is 19.9 Å². The van der Waals surface area contributed by atoms with Crippen LogP contribution in [0.25, 0.3) is 22.3 Å². The number of hydrogen-bond donors (Lipinski definition) is 2. The molecule has 0 aliphatic carbocycles. The molecule has 0 saturated heterocycles. The maximum absolute atomic E-state index is 11.3. The van der Waals surface area contributed by atoms with E-state index in [4.69, 9.17) is 19.1 Å². The van der Waals surface area contributed by atoms with Crippen molar-refractivity contribution in [1.29, 1.82) is 0 Å². The number of imidazole rings is 2. The first-order valence-electron chi connectivity index (χ1n) is 7.67. The summed E-state index contributed by atoms with van der Waals surface area (Å²) in [5, 5.41) is 0. The molecule has 0 aliphatic rings. The van der Waals surface area contributed by atoms with Crippen molar-refractivity contribution in [3.8, 4) is 0 Å². The fraction of sp³-hybridized carbons (Fsp3) is 0.286. The van der Waals surface area contributed by atoms with Gasteiger partial charge in [-0.25, -0.2) is 19.6 Å². The van der Waals surface area contributed by atoms with Gasteiger partial charge in [0.05, 0.1) is 12.7 Å². The van der Waals surface area contributed by atoms with Gasteiger partial charge in [-0.1, -0.05) is 0 Å². The summed E-state index contributed by atoms with van der Waals surface area (Å²) in [5.74, 6) is 0. The molecular formula is C14H16Cl2N8O4Pd. The van der Waals surface area contributed by atoms with Crippen LogP contribution in [0.2, 0.25) is 0 Å². The number of nitrogens with zero attached hydrogens (tertiary/aromatic N) is 6. The first-order valence-corrected chi connectivity index (χ1v) is 11.7. The van der Waals surface area contributed by atoms with E-state index >= 15 is 0 Å². The first kappa shape index (κ1) is 22.8. The number of fused-ring (bicyclic) bond motifs is 2. The second kappa shape index (κ2) is 9.36. The molecule has 12 nitrogen and oxygen atoms in total. The molecule has 29 heavy (non-hydrogen) atoms. The van der Waals surface area contributed by atoms with Crippen LogP contribution in [-0.4, -0.2) is 38.2 Å². The Morgan fingerprint density at radius 2 is 1.07 bits per heavy atom. The molecule has 0 unspecified atom stereocenters. The molecule has 0 saturated carbocycles. The maximum atomic E-state index is 11.3. The number of aromatic amines is 2. The third-order valence-corrected chi connectivity index (χ3v) is 3.95. The molecule has 4 heterocycles. The molecule has 0 fully saturated rings. The minimum atomic E-state index is -0.448. The Morgan fingerprint density at radius 1 is 0.759 bits per heavy atom. The molecule has 0 atom stereocenters. The molecule has 0 radical (unpaired) electrons. The van der Waals surface area contributed by atoms with E-state index in [9.17, 15) is 19.2 Å². The Labute approximate surface area is 177 Å². The summed E-state index contributed by atoms with van der Waals surface area (Å²) >= 11 is -0.106. The van der Waals surface area contributed by atoms with Crippen molar-refractivity contribution in [3.63, 3.8) is 0 Å². The number of rotatable bonds is 0. The normalized spacial score (nSPS) is 10.6. The molecule has 4 aromatic heterocycles. The van der Waals surface area contributed by atoms with Crippen LogP contribution < -0.4 is 22.5 Å². The average molecular weight is 538 g/mol. The summed E-state index contributed by atoms with van der Waals surface area (Å²) in [7, 11) is 16.2. The monoisotopic (exact) mass is 536 g/mol. The molecule has 160 valence electrons. The number of aryl methyl sites for hydroxylation is 4. The predicted molar refractivity (Wildman–Crippen MR) is 105 cm³/mol. The molecule has 4 aromatic rings. The summed E-state index contributed by atoms with van der Waals surface area (Å²) in [6, 6.07) is 0. The Balaban J connectivity index is 0.000000183. The van der Waals surface area contributed by atoms with Gasteiger partial charge in [0.15, 0.2) is 22.3 Å². The van der Waals surface area contributed by atoms with E-state index in [1.165, 1.54) is 21.8 Å². The van der Waals surface area contributed by atoms with Crippen molar-refractivity contribution < 1.29 is 15.9 Å². The van der Waals surface area contributed by atoms with Crippen LogP contribution in [0, 0.1) is 0 Å². The summed E-state index contributed by atoms with van der Waals surface area (Å²) in [6.07, 6.45) is 3.00. The van der Waals surface area contributed by atoms with E-state index in [1.54, 1.807) is 37.3 Å². The summed E-state index contributed by atoms with van der Waals surface area (Å²) in [5.41, 5.74) is -0.0969. The van der Waals surface area contributed by atoms with Crippen LogP contribution in [0.5, 0.6) is 0 Å². The van der Waals surface area contributed by atoms with Crippen LogP contribution in [0.15, 0.2) is 31.8 Å². The van der Waals surface area contributed by atoms with E-state index in [0.717, 1.165) is 0 Å². The van der Waals surface area contributed by atoms with E-state index < -0.39 is 22.5 Å². The van der Waals surface area contributed by atoms with Gasteiger partial charge in [0.25, 0.3) is 11.1 Å². The average Bonchev–Trinajstić information content (AvgIpc) is 3.23. The van der Waals surface area contributed by atoms with Crippen molar-refractivity contribution in [2.24, 2.45) is 28.2 Å². The van der Waals surface area contributed by atoms with Crippen molar-refractivity contribution >= 4 is 41.4 Å². The number of H-pyrrole nitrogens is 2. The SMILES string of the molecule is Cn1cnc2c1c(=O)[nH]c(=O)n2C.Cn1cnc2c1c(=O)[nH]c(=O)n2C.[Cl][Pd][Cl]. The van der Waals surface area contributed by atoms with Crippen molar-refractivity contribution in [1.82, 2.24) is 38.2 Å². The van der Waals surface area contributed by atoms with E-state index in [1.807, 2.05) is 0 Å². The predicted octanol–water partition coefficient (Wildman–Crippen LogP) is -0.703. The van der Waals surface area contributed by atoms with E-state index in [-0.39, 0.29) is 15.9 Å². The Morgan fingerprint density at radius 3 is 1.38 bits per heavy atom. The Hall–Kier alpha value is -2.46. The van der Waals surface area contributed by atoms with Crippen LogP contribution in [0.3, 0.4) is 0 Å². The summed E-state index contributed by atoms with van der Waals surface area (Å²) in [6.45, 7) is 0. The molecule has 0 amide bonds. The molecule has 0 aromatic carbocycles. The van der Waals surface area contributed by atoms with Gasteiger partial charge in [-0.05, 0) is 0 Å². The zero-order chi connectivity index (χ0) is 21.9. The van der Waals surface area contributed by atoms with Gasteiger partial charge in [-0.3, -0.25) is 28.7 Å². The zero-order valence-corrected chi connectivity index (χ0v) is 18.6. The second-order valence-corrected chi connectivity index (χ2v) is 8.10. The fourth-order valence-electron chi connectivity index (χ4n) is 2.52. The van der Waals surface area contributed by atoms with Crippen LogP contribution in [0.4, 0.5) is 0 Å². The van der Waals surface area contributed by atoms with Gasteiger partial charge in [0.1, 0.15) is 0 Å². The van der Waals surface area contributed by atoms with Gasteiger partial charge in [0.2, 0.25) is 0 Å². The van der Waals surface area contributed by atoms with Crippen LogP contribution >= 0.6 is 19.1 Å². The number of nitrogens with one attached hydrogen (secondary N) is 2. The van der Waals surface area contributed by atoms with Gasteiger partial charge < -0.3 is 9.13 Å². The van der Waals surface area contributed by atoms with Crippen LogP contribution in [0.1, 0.15) is 0 Å². The van der Waals surface area contributed by atoms with Crippen molar-refractivity contribution in [2.75, 3.05) is 0 Å². The second-order valence-electron chi connectivity index (χ2n) is 5.74. The quantitative estimate of drug-likeness (QED) is 0.284. The topological polar surface area (TPSA) is 145 Å². The van der Waals surface area contributed by atoms with Gasteiger partial charge in [-0.2, -0.15) is 0 Å². The number of aromatic nitrogens is 8. The molecule has 4 rings (SSSR count).